The van der Waals surface area contributed by atoms with E-state index < -0.39 is 0 Å². The van der Waals surface area contributed by atoms with Crippen molar-refractivity contribution in [1.29, 1.82) is 0 Å². The van der Waals surface area contributed by atoms with E-state index >= 15 is 0 Å². The van der Waals surface area contributed by atoms with Gasteiger partial charge in [0.15, 0.2) is 0 Å². The van der Waals surface area contributed by atoms with Crippen LogP contribution in [0.2, 0.25) is 0 Å². The summed E-state index contributed by atoms with van der Waals surface area (Å²) in [6.45, 7) is 0. The van der Waals surface area contributed by atoms with Crippen molar-refractivity contribution in [3.05, 3.63) is 174 Å². The first-order valence-electron chi connectivity index (χ1n) is 15.7. The Bertz CT molecular complexity index is 2230. The average Bonchev–Trinajstić information content (AvgIpc) is 3.13. The summed E-state index contributed by atoms with van der Waals surface area (Å²) < 4.78 is 0. The van der Waals surface area contributed by atoms with Gasteiger partial charge in [0.25, 0.3) is 0 Å². The molecule has 0 aromatic heterocycles. The lowest BCUT2D eigenvalue weighted by molar-refractivity contribution is 1.12. The second kappa shape index (κ2) is 11.8. The number of nitrogens with zero attached hydrogens (tertiary/aromatic N) is 1. The zero-order valence-corrected chi connectivity index (χ0v) is 25.1. The van der Waals surface area contributed by atoms with Gasteiger partial charge < -0.3 is 4.90 Å². The van der Waals surface area contributed by atoms with Crippen LogP contribution in [0.3, 0.4) is 0 Å². The maximum absolute atomic E-state index is 2.40. The molecule has 1 aliphatic carbocycles. The van der Waals surface area contributed by atoms with Crippen LogP contribution >= 0.6 is 0 Å². The van der Waals surface area contributed by atoms with E-state index in [0.29, 0.717) is 0 Å². The number of hydrogen-bond donors (Lipinski definition) is 0. The SMILES string of the molecule is C1=c2ccc3ccc(N(c4ccc(-c5ccccc5)cc4)c4ccc(-c5cccc(-c6ccccc6)c5)cc4)cc3c2=CCC1. The van der Waals surface area contributed by atoms with E-state index in [1.165, 1.54) is 54.6 Å². The van der Waals surface area contributed by atoms with Gasteiger partial charge in [-0.3, -0.25) is 0 Å². The topological polar surface area (TPSA) is 3.24 Å². The normalized spacial score (nSPS) is 12.2. The summed E-state index contributed by atoms with van der Waals surface area (Å²) in [6, 6.07) is 59.3. The molecule has 0 heterocycles. The molecule has 1 nitrogen and oxygen atoms in total. The van der Waals surface area contributed by atoms with Gasteiger partial charge in [0.2, 0.25) is 0 Å². The van der Waals surface area contributed by atoms with Gasteiger partial charge >= 0.3 is 0 Å². The molecule has 8 rings (SSSR count). The Morgan fingerprint density at radius 2 is 0.844 bits per heavy atom. The van der Waals surface area contributed by atoms with Crippen LogP contribution in [0.5, 0.6) is 0 Å². The third kappa shape index (κ3) is 5.34. The van der Waals surface area contributed by atoms with Crippen molar-refractivity contribution in [2.75, 3.05) is 4.90 Å². The first-order chi connectivity index (χ1) is 22.3. The van der Waals surface area contributed by atoms with Crippen molar-refractivity contribution in [2.45, 2.75) is 12.8 Å². The molecule has 45 heavy (non-hydrogen) atoms. The molecule has 0 atom stereocenters. The molecule has 0 amide bonds. The van der Waals surface area contributed by atoms with Crippen molar-refractivity contribution in [2.24, 2.45) is 0 Å². The third-order valence-corrected chi connectivity index (χ3v) is 8.88. The molecular formula is C44H33N. The van der Waals surface area contributed by atoms with E-state index in [1.807, 2.05) is 0 Å². The molecule has 1 aliphatic rings. The lowest BCUT2D eigenvalue weighted by Gasteiger charge is -2.26. The van der Waals surface area contributed by atoms with Crippen LogP contribution in [0.15, 0.2) is 164 Å². The first-order valence-corrected chi connectivity index (χ1v) is 15.7. The zero-order chi connectivity index (χ0) is 30.0. The van der Waals surface area contributed by atoms with Crippen molar-refractivity contribution < 1.29 is 0 Å². The number of benzene rings is 7. The minimum absolute atomic E-state index is 1.09. The molecule has 0 spiro atoms. The van der Waals surface area contributed by atoms with Crippen molar-refractivity contribution >= 4 is 40.0 Å². The van der Waals surface area contributed by atoms with Gasteiger partial charge in [-0.1, -0.05) is 133 Å². The van der Waals surface area contributed by atoms with E-state index in [1.54, 1.807) is 0 Å². The van der Waals surface area contributed by atoms with Gasteiger partial charge in [0, 0.05) is 17.1 Å². The summed E-state index contributed by atoms with van der Waals surface area (Å²) in [5.41, 5.74) is 10.7. The fourth-order valence-corrected chi connectivity index (χ4v) is 6.55. The van der Waals surface area contributed by atoms with Gasteiger partial charge in [0.05, 0.1) is 0 Å². The smallest absolute Gasteiger partial charge is 0.0468 e. The average molecular weight is 576 g/mol. The molecular weight excluding hydrogens is 542 g/mol. The highest BCUT2D eigenvalue weighted by Gasteiger charge is 2.15. The van der Waals surface area contributed by atoms with E-state index in [-0.39, 0.29) is 0 Å². The molecule has 214 valence electrons. The van der Waals surface area contributed by atoms with Crippen molar-refractivity contribution in [3.8, 4) is 33.4 Å². The lowest BCUT2D eigenvalue weighted by Crippen LogP contribution is -2.27. The summed E-state index contributed by atoms with van der Waals surface area (Å²) in [5, 5.41) is 5.28. The molecule has 7 aromatic carbocycles. The zero-order valence-electron chi connectivity index (χ0n) is 25.1. The number of fused-ring (bicyclic) bond motifs is 3. The summed E-state index contributed by atoms with van der Waals surface area (Å²) in [6.07, 6.45) is 6.97. The monoisotopic (exact) mass is 575 g/mol. The van der Waals surface area contributed by atoms with Gasteiger partial charge in [-0.05, 0) is 110 Å². The van der Waals surface area contributed by atoms with Crippen LogP contribution in [-0.2, 0) is 0 Å². The molecule has 0 saturated carbocycles. The Labute approximate surface area is 264 Å². The van der Waals surface area contributed by atoms with Crippen LogP contribution in [0.4, 0.5) is 17.1 Å². The summed E-state index contributed by atoms with van der Waals surface area (Å²) in [5.74, 6) is 0. The molecule has 0 radical (unpaired) electrons. The highest BCUT2D eigenvalue weighted by molar-refractivity contribution is 5.91. The predicted molar refractivity (Wildman–Crippen MR) is 192 cm³/mol. The molecule has 0 saturated heterocycles. The quantitative estimate of drug-likeness (QED) is 0.191. The van der Waals surface area contributed by atoms with Crippen LogP contribution in [0.1, 0.15) is 12.8 Å². The third-order valence-electron chi connectivity index (χ3n) is 8.88. The Balaban J connectivity index is 1.22. The fraction of sp³-hybridized carbons (Fsp3) is 0.0455. The van der Waals surface area contributed by atoms with Gasteiger partial charge in [0.1, 0.15) is 0 Å². The Kier molecular flexibility index (Phi) is 7.05. The Morgan fingerprint density at radius 3 is 1.49 bits per heavy atom. The minimum atomic E-state index is 1.09. The Morgan fingerprint density at radius 1 is 0.356 bits per heavy atom. The van der Waals surface area contributed by atoms with E-state index in [0.717, 1.165) is 29.9 Å². The summed E-state index contributed by atoms with van der Waals surface area (Å²) in [4.78, 5) is 2.38. The van der Waals surface area contributed by atoms with Gasteiger partial charge in [-0.25, -0.2) is 0 Å². The highest BCUT2D eigenvalue weighted by atomic mass is 15.1. The fourth-order valence-electron chi connectivity index (χ4n) is 6.55. The maximum atomic E-state index is 2.40. The number of anilines is 3. The van der Waals surface area contributed by atoms with Crippen LogP contribution in [0, 0.1) is 0 Å². The number of hydrogen-bond acceptors (Lipinski definition) is 1. The molecule has 0 fully saturated rings. The van der Waals surface area contributed by atoms with Crippen LogP contribution in [-0.4, -0.2) is 0 Å². The molecule has 0 aliphatic heterocycles. The van der Waals surface area contributed by atoms with Crippen molar-refractivity contribution in [1.82, 2.24) is 0 Å². The van der Waals surface area contributed by atoms with E-state index in [9.17, 15) is 0 Å². The lowest BCUT2D eigenvalue weighted by atomic mass is 9.98. The summed E-state index contributed by atoms with van der Waals surface area (Å²) >= 11 is 0. The molecule has 1 heteroatoms. The second-order valence-corrected chi connectivity index (χ2v) is 11.7. The second-order valence-electron chi connectivity index (χ2n) is 11.7. The van der Waals surface area contributed by atoms with Crippen LogP contribution in [0.25, 0.3) is 56.3 Å². The largest absolute Gasteiger partial charge is 0.310 e. The highest BCUT2D eigenvalue weighted by Crippen LogP contribution is 2.38. The summed E-state index contributed by atoms with van der Waals surface area (Å²) in [7, 11) is 0. The molecule has 7 aromatic rings. The molecule has 0 N–H and O–H groups in total. The molecule has 0 unspecified atom stereocenters. The van der Waals surface area contributed by atoms with E-state index in [4.69, 9.17) is 0 Å². The van der Waals surface area contributed by atoms with Crippen molar-refractivity contribution in [3.63, 3.8) is 0 Å². The van der Waals surface area contributed by atoms with E-state index in [2.05, 4.69) is 181 Å². The Hall–Kier alpha value is -5.66. The van der Waals surface area contributed by atoms with Gasteiger partial charge in [-0.15, -0.1) is 0 Å². The molecule has 0 bridgehead atoms. The van der Waals surface area contributed by atoms with Crippen LogP contribution < -0.4 is 15.3 Å². The maximum Gasteiger partial charge on any atom is 0.0468 e. The van der Waals surface area contributed by atoms with Gasteiger partial charge in [-0.2, -0.15) is 0 Å². The predicted octanol–water partition coefficient (Wildman–Crippen LogP) is 10.7. The number of rotatable bonds is 6. The minimum Gasteiger partial charge on any atom is -0.310 e. The first kappa shape index (κ1) is 26.9. The standard InChI is InChI=1S/C44H33N/c1-3-10-32(11-4-1)34-20-25-40(26-21-34)45(42-29-24-37-19-18-36-14-7-8-17-43(36)44(37)31-42)41-27-22-35(23-28-41)39-16-9-15-38(30-39)33-12-5-2-6-13-33/h1-6,9-31H,7-8H2.